The van der Waals surface area contributed by atoms with Crippen molar-refractivity contribution < 1.29 is 9.53 Å². The average molecular weight is 299 g/mol. The molecule has 1 aromatic carbocycles. The van der Waals surface area contributed by atoms with E-state index in [0.29, 0.717) is 25.5 Å². The molecule has 0 bridgehead atoms. The summed E-state index contributed by atoms with van der Waals surface area (Å²) in [4.78, 5) is 14.6. The van der Waals surface area contributed by atoms with Crippen LogP contribution in [0, 0.1) is 6.92 Å². The summed E-state index contributed by atoms with van der Waals surface area (Å²) in [6.07, 6.45) is 0. The zero-order valence-electron chi connectivity index (χ0n) is 13.2. The van der Waals surface area contributed by atoms with Gasteiger partial charge >= 0.3 is 0 Å². The number of hydrogen-bond donors (Lipinski definition) is 1. The number of amides is 1. The van der Waals surface area contributed by atoms with Crippen LogP contribution in [-0.4, -0.2) is 46.3 Å². The molecule has 1 aromatic heterocycles. The smallest absolute Gasteiger partial charge is 0.272 e. The SMILES string of the molecule is Cc1ccc(-c2cc(C(=O)N3CCOCC3(C)C)[nH]n2)cc1. The van der Waals surface area contributed by atoms with Gasteiger partial charge in [0.05, 0.1) is 24.4 Å². The summed E-state index contributed by atoms with van der Waals surface area (Å²) in [6, 6.07) is 9.92. The third-order valence-corrected chi connectivity index (χ3v) is 4.05. The van der Waals surface area contributed by atoms with Crippen LogP contribution in [-0.2, 0) is 4.74 Å². The monoisotopic (exact) mass is 299 g/mol. The largest absolute Gasteiger partial charge is 0.377 e. The first kappa shape index (κ1) is 14.8. The third-order valence-electron chi connectivity index (χ3n) is 4.05. The number of hydrogen-bond acceptors (Lipinski definition) is 3. The Morgan fingerprint density at radius 1 is 1.32 bits per heavy atom. The number of aryl methyl sites for hydroxylation is 1. The number of nitrogens with one attached hydrogen (secondary N) is 1. The fourth-order valence-corrected chi connectivity index (χ4v) is 2.68. The highest BCUT2D eigenvalue weighted by molar-refractivity contribution is 5.94. The number of aromatic nitrogens is 2. The molecule has 0 radical (unpaired) electrons. The van der Waals surface area contributed by atoms with Gasteiger partial charge in [0, 0.05) is 12.1 Å². The molecule has 0 spiro atoms. The predicted octanol–water partition coefficient (Wildman–Crippen LogP) is 2.64. The molecule has 1 N–H and O–H groups in total. The molecule has 3 rings (SSSR count). The molecular formula is C17H21N3O2. The lowest BCUT2D eigenvalue weighted by Crippen LogP contribution is -2.55. The molecule has 5 heteroatoms. The average Bonchev–Trinajstić information content (AvgIpc) is 2.97. The van der Waals surface area contributed by atoms with Crippen LogP contribution >= 0.6 is 0 Å². The highest BCUT2D eigenvalue weighted by Crippen LogP contribution is 2.23. The molecule has 0 saturated carbocycles. The minimum Gasteiger partial charge on any atom is -0.377 e. The molecule has 0 unspecified atom stereocenters. The molecule has 1 fully saturated rings. The van der Waals surface area contributed by atoms with Crippen LogP contribution in [0.15, 0.2) is 30.3 Å². The van der Waals surface area contributed by atoms with E-state index >= 15 is 0 Å². The molecule has 2 heterocycles. The van der Waals surface area contributed by atoms with Gasteiger partial charge < -0.3 is 9.64 Å². The highest BCUT2D eigenvalue weighted by Gasteiger charge is 2.35. The van der Waals surface area contributed by atoms with Crippen molar-refractivity contribution in [2.45, 2.75) is 26.3 Å². The minimum atomic E-state index is -0.301. The van der Waals surface area contributed by atoms with E-state index in [1.165, 1.54) is 5.56 Å². The Morgan fingerprint density at radius 3 is 2.73 bits per heavy atom. The van der Waals surface area contributed by atoms with Gasteiger partial charge in [0.25, 0.3) is 5.91 Å². The molecule has 1 saturated heterocycles. The van der Waals surface area contributed by atoms with Gasteiger partial charge in [-0.3, -0.25) is 9.89 Å². The van der Waals surface area contributed by atoms with Gasteiger partial charge in [0.1, 0.15) is 5.69 Å². The van der Waals surface area contributed by atoms with Crippen LogP contribution < -0.4 is 0 Å². The van der Waals surface area contributed by atoms with E-state index in [2.05, 4.69) is 10.2 Å². The lowest BCUT2D eigenvalue weighted by atomic mass is 10.0. The second-order valence-corrected chi connectivity index (χ2v) is 6.35. The van der Waals surface area contributed by atoms with E-state index in [4.69, 9.17) is 4.74 Å². The van der Waals surface area contributed by atoms with E-state index in [1.54, 1.807) is 0 Å². The number of carbonyl (C=O) groups excluding carboxylic acids is 1. The van der Waals surface area contributed by atoms with E-state index in [1.807, 2.05) is 56.0 Å². The minimum absolute atomic E-state index is 0.0286. The van der Waals surface area contributed by atoms with E-state index in [0.717, 1.165) is 11.3 Å². The fourth-order valence-electron chi connectivity index (χ4n) is 2.68. The van der Waals surface area contributed by atoms with Crippen LogP contribution in [0.5, 0.6) is 0 Å². The Balaban J connectivity index is 1.84. The van der Waals surface area contributed by atoms with Crippen molar-refractivity contribution in [2.24, 2.45) is 0 Å². The first-order valence-electron chi connectivity index (χ1n) is 7.49. The Morgan fingerprint density at radius 2 is 2.05 bits per heavy atom. The molecule has 1 aliphatic heterocycles. The van der Waals surface area contributed by atoms with Crippen molar-refractivity contribution in [3.8, 4) is 11.3 Å². The molecule has 0 aliphatic carbocycles. The summed E-state index contributed by atoms with van der Waals surface area (Å²) in [5.41, 5.74) is 3.21. The van der Waals surface area contributed by atoms with Crippen molar-refractivity contribution in [1.82, 2.24) is 15.1 Å². The number of morpholine rings is 1. The summed E-state index contributed by atoms with van der Waals surface area (Å²) in [5, 5.41) is 7.15. The van der Waals surface area contributed by atoms with Crippen LogP contribution in [0.4, 0.5) is 0 Å². The zero-order valence-corrected chi connectivity index (χ0v) is 13.2. The highest BCUT2D eigenvalue weighted by atomic mass is 16.5. The van der Waals surface area contributed by atoms with Gasteiger partial charge in [0.15, 0.2) is 0 Å². The van der Waals surface area contributed by atoms with Gasteiger partial charge in [-0.05, 0) is 26.8 Å². The molecule has 1 amide bonds. The maximum atomic E-state index is 12.7. The number of H-pyrrole nitrogens is 1. The van der Waals surface area contributed by atoms with Gasteiger partial charge in [-0.2, -0.15) is 5.10 Å². The van der Waals surface area contributed by atoms with Crippen LogP contribution in [0.3, 0.4) is 0 Å². The van der Waals surface area contributed by atoms with E-state index in [9.17, 15) is 4.79 Å². The third kappa shape index (κ3) is 2.76. The summed E-state index contributed by atoms with van der Waals surface area (Å²) in [6.45, 7) is 7.81. The van der Waals surface area contributed by atoms with Crippen molar-refractivity contribution in [2.75, 3.05) is 19.8 Å². The van der Waals surface area contributed by atoms with Gasteiger partial charge in [-0.25, -0.2) is 0 Å². The number of nitrogens with zero attached hydrogens (tertiary/aromatic N) is 2. The number of ether oxygens (including phenoxy) is 1. The number of aromatic amines is 1. The van der Waals surface area contributed by atoms with E-state index in [-0.39, 0.29) is 11.4 Å². The van der Waals surface area contributed by atoms with Gasteiger partial charge in [-0.1, -0.05) is 29.8 Å². The molecule has 0 atom stereocenters. The normalized spacial score (nSPS) is 17.5. The van der Waals surface area contributed by atoms with Crippen molar-refractivity contribution >= 4 is 5.91 Å². The topological polar surface area (TPSA) is 58.2 Å². The molecule has 2 aromatic rings. The van der Waals surface area contributed by atoms with E-state index < -0.39 is 0 Å². The predicted molar refractivity (Wildman–Crippen MR) is 84.7 cm³/mol. The summed E-state index contributed by atoms with van der Waals surface area (Å²) >= 11 is 0. The van der Waals surface area contributed by atoms with Gasteiger partial charge in [0.2, 0.25) is 0 Å². The lowest BCUT2D eigenvalue weighted by Gasteiger charge is -2.41. The molecule has 22 heavy (non-hydrogen) atoms. The standard InChI is InChI=1S/C17H21N3O2/c1-12-4-6-13(7-5-12)14-10-15(19-18-14)16(21)20-8-9-22-11-17(20,2)3/h4-7,10H,8-9,11H2,1-3H3,(H,18,19). The Hall–Kier alpha value is -2.14. The Bertz CT molecular complexity index is 673. The number of rotatable bonds is 2. The Kier molecular flexibility index (Phi) is 3.74. The van der Waals surface area contributed by atoms with Crippen molar-refractivity contribution in [3.05, 3.63) is 41.6 Å². The van der Waals surface area contributed by atoms with Gasteiger partial charge in [-0.15, -0.1) is 0 Å². The van der Waals surface area contributed by atoms with Crippen molar-refractivity contribution in [1.29, 1.82) is 0 Å². The molecule has 5 nitrogen and oxygen atoms in total. The summed E-state index contributed by atoms with van der Waals surface area (Å²) in [5.74, 6) is -0.0286. The summed E-state index contributed by atoms with van der Waals surface area (Å²) in [7, 11) is 0. The quantitative estimate of drug-likeness (QED) is 0.927. The molecular weight excluding hydrogens is 278 g/mol. The molecule has 1 aliphatic rings. The first-order chi connectivity index (χ1) is 10.5. The lowest BCUT2D eigenvalue weighted by molar-refractivity contribution is -0.0373. The molecule has 116 valence electrons. The second kappa shape index (κ2) is 5.57. The first-order valence-corrected chi connectivity index (χ1v) is 7.49. The second-order valence-electron chi connectivity index (χ2n) is 6.35. The van der Waals surface area contributed by atoms with Crippen molar-refractivity contribution in [3.63, 3.8) is 0 Å². The Labute approximate surface area is 130 Å². The number of carbonyl (C=O) groups is 1. The fraction of sp³-hybridized carbons (Fsp3) is 0.412. The maximum absolute atomic E-state index is 12.7. The maximum Gasteiger partial charge on any atom is 0.272 e. The van der Waals surface area contributed by atoms with Crippen LogP contribution in [0.25, 0.3) is 11.3 Å². The zero-order chi connectivity index (χ0) is 15.7. The van der Waals surface area contributed by atoms with Crippen LogP contribution in [0.1, 0.15) is 29.9 Å². The number of benzene rings is 1. The van der Waals surface area contributed by atoms with Crippen LogP contribution in [0.2, 0.25) is 0 Å². The summed E-state index contributed by atoms with van der Waals surface area (Å²) < 4.78 is 5.47.